The number of esters is 3. The Hall–Kier alpha value is -5.31. The van der Waals surface area contributed by atoms with E-state index in [-0.39, 0.29) is 33.3 Å². The van der Waals surface area contributed by atoms with Crippen LogP contribution in [0.4, 0.5) is 17.1 Å². The molecule has 3 unspecified atom stereocenters. The molecule has 0 saturated carbocycles. The van der Waals surface area contributed by atoms with Gasteiger partial charge in [-0.25, -0.2) is 14.4 Å². The Morgan fingerprint density at radius 1 is 0.417 bits per heavy atom. The quantitative estimate of drug-likeness (QED) is 0.121. The van der Waals surface area contributed by atoms with Crippen LogP contribution in [0.3, 0.4) is 0 Å². The molecule has 0 aliphatic carbocycles. The SMILES string of the molecule is CC1(C)CC(OC(=O)c2ccc(C(=O)OC3CC(C)(C)N(c4ccccc4)C3(C)C)c(C(=O)OC3CC(C)(C)N(c4ccccc4)C3(C)C)c2)C(C)(C)N1c1ccccc1. The smallest absolute Gasteiger partial charge is 0.339 e. The fourth-order valence-corrected chi connectivity index (χ4v) is 11.1. The van der Waals surface area contributed by atoms with Gasteiger partial charge in [-0.3, -0.25) is 0 Å². The molecule has 3 fully saturated rings. The van der Waals surface area contributed by atoms with E-state index >= 15 is 0 Å². The number of nitrogens with zero attached hydrogens (tertiary/aromatic N) is 3. The molecule has 3 saturated heterocycles. The normalized spacial score (nSPS) is 24.2. The maximum atomic E-state index is 14.7. The van der Waals surface area contributed by atoms with E-state index in [0.29, 0.717) is 19.3 Å². The zero-order chi connectivity index (χ0) is 43.6. The van der Waals surface area contributed by atoms with Gasteiger partial charge < -0.3 is 28.9 Å². The minimum atomic E-state index is -0.699. The second kappa shape index (κ2) is 15.0. The highest BCUT2D eigenvalue weighted by molar-refractivity contribution is 6.05. The summed E-state index contributed by atoms with van der Waals surface area (Å²) in [6.45, 7) is 25.4. The topological polar surface area (TPSA) is 88.6 Å². The van der Waals surface area contributed by atoms with Crippen LogP contribution in [-0.4, -0.2) is 69.5 Å². The molecular weight excluding hydrogens is 751 g/mol. The Labute approximate surface area is 357 Å². The Kier molecular flexibility index (Phi) is 10.7. The summed E-state index contributed by atoms with van der Waals surface area (Å²) in [7, 11) is 0. The van der Waals surface area contributed by atoms with Gasteiger partial charge in [0.15, 0.2) is 0 Å². The molecule has 3 aliphatic heterocycles. The van der Waals surface area contributed by atoms with Crippen molar-refractivity contribution in [1.29, 1.82) is 0 Å². The largest absolute Gasteiger partial charge is 0.456 e. The van der Waals surface area contributed by atoms with E-state index in [9.17, 15) is 14.4 Å². The van der Waals surface area contributed by atoms with Gasteiger partial charge in [-0.15, -0.1) is 0 Å². The molecule has 0 amide bonds. The van der Waals surface area contributed by atoms with E-state index in [1.165, 1.54) is 12.1 Å². The Balaban J connectivity index is 1.21. The first-order valence-corrected chi connectivity index (χ1v) is 21.3. The van der Waals surface area contributed by atoms with Crippen LogP contribution in [0, 0.1) is 0 Å². The van der Waals surface area contributed by atoms with Crippen molar-refractivity contribution in [3.63, 3.8) is 0 Å². The molecule has 3 aliphatic rings. The number of carbonyl (C=O) groups is 3. The van der Waals surface area contributed by atoms with E-state index in [2.05, 4.69) is 134 Å². The zero-order valence-electron chi connectivity index (χ0n) is 37.5. The summed E-state index contributed by atoms with van der Waals surface area (Å²) in [5.74, 6) is -1.93. The third-order valence-corrected chi connectivity index (χ3v) is 13.4. The van der Waals surface area contributed by atoms with Gasteiger partial charge in [0.05, 0.1) is 33.3 Å². The number of ether oxygens (including phenoxy) is 3. The molecule has 0 radical (unpaired) electrons. The minimum absolute atomic E-state index is 0.0341. The summed E-state index contributed by atoms with van der Waals surface area (Å²) in [6.07, 6.45) is 0.193. The first-order chi connectivity index (χ1) is 28.0. The first kappa shape index (κ1) is 42.8. The molecule has 3 atom stereocenters. The highest BCUT2D eigenvalue weighted by Gasteiger charge is 2.56. The lowest BCUT2D eigenvalue weighted by Gasteiger charge is -2.43. The van der Waals surface area contributed by atoms with E-state index in [1.807, 2.05) is 54.6 Å². The predicted octanol–water partition coefficient (Wildman–Crippen LogP) is 10.7. The highest BCUT2D eigenvalue weighted by Crippen LogP contribution is 2.48. The van der Waals surface area contributed by atoms with Crippen molar-refractivity contribution in [3.8, 4) is 0 Å². The first-order valence-electron chi connectivity index (χ1n) is 21.3. The molecule has 0 spiro atoms. The van der Waals surface area contributed by atoms with E-state index in [1.54, 1.807) is 6.07 Å². The van der Waals surface area contributed by atoms with Crippen LogP contribution in [0.2, 0.25) is 0 Å². The van der Waals surface area contributed by atoms with Crippen molar-refractivity contribution in [1.82, 2.24) is 0 Å². The monoisotopic (exact) mass is 813 g/mol. The van der Waals surface area contributed by atoms with Gasteiger partial charge >= 0.3 is 17.9 Å². The highest BCUT2D eigenvalue weighted by atomic mass is 16.6. The number of hydrogen-bond donors (Lipinski definition) is 0. The number of rotatable bonds is 9. The van der Waals surface area contributed by atoms with Crippen LogP contribution < -0.4 is 14.7 Å². The lowest BCUT2D eigenvalue weighted by Crippen LogP contribution is -2.52. The molecular formula is C51H63N3O6. The van der Waals surface area contributed by atoms with Gasteiger partial charge in [0.25, 0.3) is 0 Å². The van der Waals surface area contributed by atoms with Crippen molar-refractivity contribution in [2.45, 2.75) is 154 Å². The minimum Gasteiger partial charge on any atom is -0.456 e. The van der Waals surface area contributed by atoms with Gasteiger partial charge in [-0.1, -0.05) is 54.6 Å². The van der Waals surface area contributed by atoms with Gasteiger partial charge in [-0.2, -0.15) is 0 Å². The van der Waals surface area contributed by atoms with Crippen LogP contribution in [0.5, 0.6) is 0 Å². The molecule has 7 rings (SSSR count). The van der Waals surface area contributed by atoms with E-state index in [0.717, 1.165) is 17.1 Å². The summed E-state index contributed by atoms with van der Waals surface area (Å²) in [5, 5.41) is 0. The van der Waals surface area contributed by atoms with Crippen LogP contribution in [0.15, 0.2) is 109 Å². The molecule has 318 valence electrons. The van der Waals surface area contributed by atoms with Crippen molar-refractivity contribution >= 4 is 35.0 Å². The van der Waals surface area contributed by atoms with Crippen molar-refractivity contribution in [3.05, 3.63) is 126 Å². The van der Waals surface area contributed by atoms with Gasteiger partial charge in [-0.05, 0) is 138 Å². The van der Waals surface area contributed by atoms with E-state index in [4.69, 9.17) is 14.2 Å². The summed E-state index contributed by atoms with van der Waals surface area (Å²) in [5.41, 5.74) is 0.511. The molecule has 0 aromatic heterocycles. The fraction of sp³-hybridized carbons (Fsp3) is 0.471. The van der Waals surface area contributed by atoms with Crippen LogP contribution in [-0.2, 0) is 14.2 Å². The molecule has 9 heteroatoms. The van der Waals surface area contributed by atoms with Gasteiger partial charge in [0.2, 0.25) is 0 Å². The fourth-order valence-electron chi connectivity index (χ4n) is 11.1. The zero-order valence-corrected chi connectivity index (χ0v) is 37.5. The Morgan fingerprint density at radius 3 is 1.05 bits per heavy atom. The second-order valence-corrected chi connectivity index (χ2v) is 20.5. The number of anilines is 3. The lowest BCUT2D eigenvalue weighted by molar-refractivity contribution is 0.0140. The molecule has 9 nitrogen and oxygen atoms in total. The maximum Gasteiger partial charge on any atom is 0.339 e. The number of benzene rings is 4. The number of para-hydroxylation sites is 3. The molecule has 60 heavy (non-hydrogen) atoms. The van der Waals surface area contributed by atoms with Crippen LogP contribution in [0.25, 0.3) is 0 Å². The summed E-state index contributed by atoms with van der Waals surface area (Å²) >= 11 is 0. The molecule has 4 aromatic rings. The number of carbonyl (C=O) groups excluding carboxylic acids is 3. The average Bonchev–Trinajstić information content (AvgIpc) is 3.57. The maximum absolute atomic E-state index is 14.7. The summed E-state index contributed by atoms with van der Waals surface area (Å²) in [4.78, 5) is 50.3. The van der Waals surface area contributed by atoms with E-state index < -0.39 is 52.8 Å². The molecule has 3 heterocycles. The molecule has 0 N–H and O–H groups in total. The standard InChI is InChI=1S/C51H63N3O6/c1-46(2)31-40(49(7,8)52(46)35-22-16-13-17-23-35)58-43(55)34-28-29-38(44(56)59-41-32-47(3,4)53(50(41,9)10)36-24-18-14-19-25-36)39(30-34)45(57)60-42-33-48(5,6)54(51(42,11)12)37-26-20-15-21-27-37/h13-30,40-42H,31-33H2,1-12H3. The van der Waals surface area contributed by atoms with Crippen molar-refractivity contribution < 1.29 is 28.6 Å². The second-order valence-electron chi connectivity index (χ2n) is 20.5. The summed E-state index contributed by atoms with van der Waals surface area (Å²) < 4.78 is 19.2. The Bertz CT molecular complexity index is 2230. The number of hydrogen-bond acceptors (Lipinski definition) is 9. The lowest BCUT2D eigenvalue weighted by atomic mass is 9.96. The predicted molar refractivity (Wildman–Crippen MR) is 239 cm³/mol. The molecule has 0 bridgehead atoms. The van der Waals surface area contributed by atoms with Crippen LogP contribution >= 0.6 is 0 Å². The van der Waals surface area contributed by atoms with Crippen molar-refractivity contribution in [2.24, 2.45) is 0 Å². The van der Waals surface area contributed by atoms with Gasteiger partial charge in [0, 0.05) is 52.9 Å². The Morgan fingerprint density at radius 2 is 0.717 bits per heavy atom. The average molecular weight is 814 g/mol. The third-order valence-electron chi connectivity index (χ3n) is 13.4. The summed E-state index contributed by atoms with van der Waals surface area (Å²) in [6, 6.07) is 34.9. The van der Waals surface area contributed by atoms with Crippen molar-refractivity contribution in [2.75, 3.05) is 14.7 Å². The molecule has 4 aromatic carbocycles. The van der Waals surface area contributed by atoms with Gasteiger partial charge in [0.1, 0.15) is 18.3 Å². The third kappa shape index (κ3) is 7.53. The van der Waals surface area contributed by atoms with Crippen LogP contribution in [0.1, 0.15) is 133 Å².